The summed E-state index contributed by atoms with van der Waals surface area (Å²) in [4.78, 5) is 23.3. The number of aldehydes is 1. The number of benzene rings is 1. The van der Waals surface area contributed by atoms with Crippen molar-refractivity contribution in [3.05, 3.63) is 23.8 Å². The van der Waals surface area contributed by atoms with Crippen molar-refractivity contribution in [1.29, 1.82) is 0 Å². The third-order valence-corrected chi connectivity index (χ3v) is 6.21. The highest BCUT2D eigenvalue weighted by molar-refractivity contribution is 7.99. The minimum Gasteiger partial charge on any atom is -0.507 e. The Morgan fingerprint density at radius 2 is 2.30 bits per heavy atom. The van der Waals surface area contributed by atoms with Crippen LogP contribution >= 0.6 is 11.8 Å². The Morgan fingerprint density at radius 1 is 1.48 bits per heavy atom. The van der Waals surface area contributed by atoms with E-state index in [9.17, 15) is 14.7 Å². The van der Waals surface area contributed by atoms with Gasteiger partial charge in [-0.1, -0.05) is 6.07 Å². The first-order chi connectivity index (χ1) is 11.2. The van der Waals surface area contributed by atoms with E-state index >= 15 is 0 Å². The Labute approximate surface area is 139 Å². The van der Waals surface area contributed by atoms with Gasteiger partial charge >= 0.3 is 0 Å². The summed E-state index contributed by atoms with van der Waals surface area (Å²) in [6, 6.07) is 4.78. The molecule has 1 aromatic rings. The van der Waals surface area contributed by atoms with Crippen LogP contribution in [0.1, 0.15) is 16.8 Å². The summed E-state index contributed by atoms with van der Waals surface area (Å²) in [7, 11) is 1.67. The third-order valence-electron chi connectivity index (χ3n) is 5.07. The van der Waals surface area contributed by atoms with E-state index in [4.69, 9.17) is 4.74 Å². The molecular weight excluding hydrogens is 314 g/mol. The van der Waals surface area contributed by atoms with Gasteiger partial charge in [0.25, 0.3) is 0 Å². The van der Waals surface area contributed by atoms with Crippen LogP contribution in [0.4, 0.5) is 0 Å². The number of rotatable bonds is 5. The van der Waals surface area contributed by atoms with E-state index in [1.165, 1.54) is 6.07 Å². The normalized spacial score (nSPS) is 29.1. The summed E-state index contributed by atoms with van der Waals surface area (Å²) in [5, 5.41) is 12.5. The number of nitrogens with one attached hydrogen (secondary N) is 1. The molecule has 2 aliphatic rings. The first-order valence-corrected chi connectivity index (χ1v) is 9.02. The Morgan fingerprint density at radius 3 is 3.04 bits per heavy atom. The molecule has 1 amide bonds. The van der Waals surface area contributed by atoms with Gasteiger partial charge in [0.15, 0.2) is 6.29 Å². The molecule has 4 atom stereocenters. The van der Waals surface area contributed by atoms with Crippen LogP contribution in [-0.4, -0.2) is 42.5 Å². The van der Waals surface area contributed by atoms with Gasteiger partial charge < -0.3 is 15.2 Å². The third kappa shape index (κ3) is 2.92. The fourth-order valence-corrected chi connectivity index (χ4v) is 5.19. The molecule has 2 fully saturated rings. The van der Waals surface area contributed by atoms with E-state index in [0.29, 0.717) is 30.5 Å². The molecule has 1 heterocycles. The standard InChI is InChI=1S/C17H21NO4S/c1-18-17(21)16-12(10-5-6-23-9-13(10)16)8-22-15-4-2-3-14(20)11(15)7-19/h2-4,7,10,12-13,16,20H,5-6,8-9H2,1H3,(H,18,21)/t10-,12?,13?,16?/m1/s1. The molecule has 1 saturated carbocycles. The maximum absolute atomic E-state index is 12.2. The van der Waals surface area contributed by atoms with Crippen LogP contribution in [0.3, 0.4) is 0 Å². The van der Waals surface area contributed by atoms with Crippen molar-refractivity contribution >= 4 is 24.0 Å². The molecule has 124 valence electrons. The lowest BCUT2D eigenvalue weighted by Crippen LogP contribution is -2.57. The van der Waals surface area contributed by atoms with E-state index < -0.39 is 0 Å². The van der Waals surface area contributed by atoms with Gasteiger partial charge in [0.05, 0.1) is 12.2 Å². The lowest BCUT2D eigenvalue weighted by atomic mass is 9.56. The molecule has 6 heteroatoms. The molecule has 2 N–H and O–H groups in total. The van der Waals surface area contributed by atoms with Crippen molar-refractivity contribution in [2.45, 2.75) is 6.42 Å². The van der Waals surface area contributed by atoms with Gasteiger partial charge in [-0.25, -0.2) is 0 Å². The zero-order valence-electron chi connectivity index (χ0n) is 13.0. The lowest BCUT2D eigenvalue weighted by Gasteiger charge is -2.53. The van der Waals surface area contributed by atoms with E-state index in [1.54, 1.807) is 19.2 Å². The van der Waals surface area contributed by atoms with Gasteiger partial charge in [-0.3, -0.25) is 9.59 Å². The van der Waals surface area contributed by atoms with Crippen LogP contribution in [-0.2, 0) is 4.79 Å². The highest BCUT2D eigenvalue weighted by Gasteiger charge is 2.54. The monoisotopic (exact) mass is 335 g/mol. The molecule has 0 bridgehead atoms. The van der Waals surface area contributed by atoms with Crippen LogP contribution in [0, 0.1) is 23.7 Å². The predicted octanol–water partition coefficient (Wildman–Crippen LogP) is 1.94. The molecular formula is C17H21NO4S. The van der Waals surface area contributed by atoms with Gasteiger partial charge in [-0.15, -0.1) is 0 Å². The average molecular weight is 335 g/mol. The van der Waals surface area contributed by atoms with Crippen LogP contribution in [0.2, 0.25) is 0 Å². The highest BCUT2D eigenvalue weighted by atomic mass is 32.2. The minimum absolute atomic E-state index is 0.0187. The van der Waals surface area contributed by atoms with E-state index in [1.807, 2.05) is 11.8 Å². The molecule has 1 aromatic carbocycles. The van der Waals surface area contributed by atoms with Crippen LogP contribution in [0.25, 0.3) is 0 Å². The number of carbonyl (C=O) groups excluding carboxylic acids is 2. The van der Waals surface area contributed by atoms with E-state index in [0.717, 1.165) is 17.9 Å². The van der Waals surface area contributed by atoms with Gasteiger partial charge in [-0.05, 0) is 41.9 Å². The number of hydrogen-bond acceptors (Lipinski definition) is 5. The Bertz CT molecular complexity index is 606. The largest absolute Gasteiger partial charge is 0.507 e. The number of aromatic hydroxyl groups is 1. The van der Waals surface area contributed by atoms with Crippen LogP contribution in [0.15, 0.2) is 18.2 Å². The van der Waals surface area contributed by atoms with Crippen LogP contribution in [0.5, 0.6) is 11.5 Å². The molecule has 0 spiro atoms. The van der Waals surface area contributed by atoms with Crippen molar-refractivity contribution in [3.8, 4) is 11.5 Å². The van der Waals surface area contributed by atoms with Crippen molar-refractivity contribution in [2.24, 2.45) is 23.7 Å². The summed E-state index contributed by atoms with van der Waals surface area (Å²) in [5.74, 6) is 3.62. The number of amides is 1. The van der Waals surface area contributed by atoms with Crippen molar-refractivity contribution in [1.82, 2.24) is 5.32 Å². The van der Waals surface area contributed by atoms with E-state index in [-0.39, 0.29) is 29.1 Å². The summed E-state index contributed by atoms with van der Waals surface area (Å²) < 4.78 is 5.81. The number of phenols is 1. The smallest absolute Gasteiger partial charge is 0.223 e. The summed E-state index contributed by atoms with van der Waals surface area (Å²) in [5.41, 5.74) is 0.166. The maximum Gasteiger partial charge on any atom is 0.223 e. The number of ether oxygens (including phenoxy) is 1. The Balaban J connectivity index is 1.72. The maximum atomic E-state index is 12.2. The van der Waals surface area contributed by atoms with E-state index in [2.05, 4.69) is 5.32 Å². The zero-order chi connectivity index (χ0) is 16.4. The minimum atomic E-state index is -0.0825. The molecule has 5 nitrogen and oxygen atoms in total. The Kier molecular flexibility index (Phi) is 4.80. The summed E-state index contributed by atoms with van der Waals surface area (Å²) >= 11 is 1.91. The molecule has 3 rings (SSSR count). The van der Waals surface area contributed by atoms with Crippen LogP contribution < -0.4 is 10.1 Å². The summed E-state index contributed by atoms with van der Waals surface area (Å²) in [6.07, 6.45) is 1.71. The van der Waals surface area contributed by atoms with Gasteiger partial charge in [0.1, 0.15) is 11.5 Å². The predicted molar refractivity (Wildman–Crippen MR) is 89.0 cm³/mol. The topological polar surface area (TPSA) is 75.6 Å². The molecule has 0 aromatic heterocycles. The molecule has 0 radical (unpaired) electrons. The molecule has 1 saturated heterocycles. The average Bonchev–Trinajstić information content (AvgIpc) is 2.55. The van der Waals surface area contributed by atoms with Gasteiger partial charge in [0, 0.05) is 18.9 Å². The number of thioether (sulfide) groups is 1. The highest BCUT2D eigenvalue weighted by Crippen LogP contribution is 2.52. The second kappa shape index (κ2) is 6.83. The fourth-order valence-electron chi connectivity index (χ4n) is 3.86. The second-order valence-electron chi connectivity index (χ2n) is 6.11. The SMILES string of the molecule is CNC(=O)C1C(COc2cccc(O)c2C=O)[C@H]2CCSCC12. The summed E-state index contributed by atoms with van der Waals surface area (Å²) in [6.45, 7) is 0.397. The number of phenolic OH excluding ortho intramolecular Hbond substituents is 1. The van der Waals surface area contributed by atoms with Gasteiger partial charge in [0.2, 0.25) is 5.91 Å². The zero-order valence-corrected chi connectivity index (χ0v) is 13.8. The Hall–Kier alpha value is -1.69. The number of fused-ring (bicyclic) bond motifs is 1. The second-order valence-corrected chi connectivity index (χ2v) is 7.26. The van der Waals surface area contributed by atoms with Gasteiger partial charge in [-0.2, -0.15) is 11.8 Å². The molecule has 23 heavy (non-hydrogen) atoms. The number of carbonyl (C=O) groups is 2. The number of hydrogen-bond donors (Lipinski definition) is 2. The lowest BCUT2D eigenvalue weighted by molar-refractivity contribution is -0.141. The molecule has 1 aliphatic carbocycles. The molecule has 1 aliphatic heterocycles. The first kappa shape index (κ1) is 16.2. The fraction of sp³-hybridized carbons (Fsp3) is 0.529. The molecule has 3 unspecified atom stereocenters. The first-order valence-electron chi connectivity index (χ1n) is 7.86. The van der Waals surface area contributed by atoms with Crippen molar-refractivity contribution in [3.63, 3.8) is 0 Å². The van der Waals surface area contributed by atoms with Crippen molar-refractivity contribution in [2.75, 3.05) is 25.2 Å². The van der Waals surface area contributed by atoms with Crippen molar-refractivity contribution < 1.29 is 19.4 Å². The quantitative estimate of drug-likeness (QED) is 0.805.